The molecule has 2 heterocycles. The molecule has 7 heteroatoms. The van der Waals surface area contributed by atoms with Crippen LogP contribution in [-0.4, -0.2) is 16.0 Å². The van der Waals surface area contributed by atoms with Gasteiger partial charge in [0.25, 0.3) is 5.91 Å². The van der Waals surface area contributed by atoms with Gasteiger partial charge in [0.15, 0.2) is 10.1 Å². The zero-order chi connectivity index (χ0) is 20.5. The van der Waals surface area contributed by atoms with Gasteiger partial charge < -0.3 is 4.42 Å². The third-order valence-electron chi connectivity index (χ3n) is 4.37. The fraction of sp³-hybridized carbons (Fsp3) is 0.0455. The molecule has 1 aliphatic heterocycles. The van der Waals surface area contributed by atoms with Gasteiger partial charge in [-0.15, -0.1) is 0 Å². The number of amides is 1. The van der Waals surface area contributed by atoms with Crippen LogP contribution in [0, 0.1) is 0 Å². The van der Waals surface area contributed by atoms with Crippen LogP contribution < -0.4 is 4.90 Å². The highest BCUT2D eigenvalue weighted by Crippen LogP contribution is 2.37. The summed E-state index contributed by atoms with van der Waals surface area (Å²) in [5.74, 6) is 0.893. The second-order valence-corrected chi connectivity index (χ2v) is 8.39. The van der Waals surface area contributed by atoms with Gasteiger partial charge in [-0.25, -0.2) is 0 Å². The van der Waals surface area contributed by atoms with Crippen LogP contribution in [-0.2, 0) is 4.79 Å². The summed E-state index contributed by atoms with van der Waals surface area (Å²) in [7, 11) is 0. The lowest BCUT2D eigenvalue weighted by atomic mass is 10.1. The summed E-state index contributed by atoms with van der Waals surface area (Å²) in [6.07, 6.45) is 1.67. The summed E-state index contributed by atoms with van der Waals surface area (Å²) in [6.45, 7) is 1.50. The van der Waals surface area contributed by atoms with Crippen molar-refractivity contribution >= 4 is 63.4 Å². The maximum Gasteiger partial charge on any atom is 0.270 e. The lowest BCUT2D eigenvalue weighted by Gasteiger charge is -2.14. The minimum Gasteiger partial charge on any atom is -0.457 e. The molecule has 144 valence electrons. The lowest BCUT2D eigenvalue weighted by Crippen LogP contribution is -2.27. The quantitative estimate of drug-likeness (QED) is 0.275. The van der Waals surface area contributed by atoms with Crippen LogP contribution >= 0.6 is 35.6 Å². The molecule has 1 saturated heterocycles. The van der Waals surface area contributed by atoms with Gasteiger partial charge in [-0.1, -0.05) is 47.7 Å². The Hall–Kier alpha value is -2.67. The van der Waals surface area contributed by atoms with Crippen molar-refractivity contribution in [3.8, 4) is 11.3 Å². The Morgan fingerprint density at radius 3 is 2.52 bits per heavy atom. The van der Waals surface area contributed by atoms with E-state index in [0.717, 1.165) is 5.56 Å². The Balaban J connectivity index is 1.60. The van der Waals surface area contributed by atoms with Crippen molar-refractivity contribution in [1.29, 1.82) is 0 Å². The Morgan fingerprint density at radius 2 is 1.83 bits per heavy atom. The van der Waals surface area contributed by atoms with Crippen LogP contribution in [0.2, 0.25) is 5.02 Å². The lowest BCUT2D eigenvalue weighted by molar-refractivity contribution is -0.113. The molecule has 0 atom stereocenters. The van der Waals surface area contributed by atoms with E-state index < -0.39 is 0 Å². The van der Waals surface area contributed by atoms with E-state index in [-0.39, 0.29) is 11.7 Å². The van der Waals surface area contributed by atoms with Gasteiger partial charge in [0.1, 0.15) is 11.5 Å². The number of carbonyl (C=O) groups excluding carboxylic acids is 2. The minimum absolute atomic E-state index is 0.0334. The van der Waals surface area contributed by atoms with Gasteiger partial charge in [0.05, 0.1) is 15.6 Å². The van der Waals surface area contributed by atoms with Gasteiger partial charge in [-0.2, -0.15) is 0 Å². The summed E-state index contributed by atoms with van der Waals surface area (Å²) < 4.78 is 6.28. The highest BCUT2D eigenvalue weighted by Gasteiger charge is 2.33. The molecule has 4 nitrogen and oxygen atoms in total. The molecule has 1 aliphatic rings. The first-order valence-electron chi connectivity index (χ1n) is 8.68. The zero-order valence-electron chi connectivity index (χ0n) is 15.2. The number of carbonyl (C=O) groups is 2. The summed E-state index contributed by atoms with van der Waals surface area (Å²) in [5, 5.41) is 0.591. The second kappa shape index (κ2) is 7.99. The minimum atomic E-state index is -0.230. The standard InChI is InChI=1S/C22H14ClNO3S2/c1-13(25)14-6-8-15(9-7-14)24-21(26)20(29-22(24)28)12-16-10-11-19(27-16)17-4-2-3-5-18(17)23/h2-12H,1H3. The van der Waals surface area contributed by atoms with E-state index in [1.807, 2.05) is 24.3 Å². The first kappa shape index (κ1) is 19.6. The first-order chi connectivity index (χ1) is 13.9. The predicted molar refractivity (Wildman–Crippen MR) is 121 cm³/mol. The topological polar surface area (TPSA) is 50.5 Å². The van der Waals surface area contributed by atoms with Crippen molar-refractivity contribution in [2.24, 2.45) is 0 Å². The van der Waals surface area contributed by atoms with Gasteiger partial charge in [-0.3, -0.25) is 14.5 Å². The van der Waals surface area contributed by atoms with E-state index >= 15 is 0 Å². The van der Waals surface area contributed by atoms with E-state index in [2.05, 4.69) is 0 Å². The summed E-state index contributed by atoms with van der Waals surface area (Å²) in [5.41, 5.74) is 1.99. The monoisotopic (exact) mass is 439 g/mol. The van der Waals surface area contributed by atoms with Crippen molar-refractivity contribution < 1.29 is 14.0 Å². The number of thioether (sulfide) groups is 1. The largest absolute Gasteiger partial charge is 0.457 e. The zero-order valence-corrected chi connectivity index (χ0v) is 17.6. The molecule has 0 spiro atoms. The molecule has 0 N–H and O–H groups in total. The Bertz CT molecular complexity index is 1160. The van der Waals surface area contributed by atoms with Gasteiger partial charge >= 0.3 is 0 Å². The van der Waals surface area contributed by atoms with E-state index in [4.69, 9.17) is 28.2 Å². The number of nitrogens with zero attached hydrogens (tertiary/aromatic N) is 1. The molecule has 1 fully saturated rings. The van der Waals surface area contributed by atoms with Crippen LogP contribution in [0.4, 0.5) is 5.69 Å². The second-order valence-electron chi connectivity index (χ2n) is 6.30. The van der Waals surface area contributed by atoms with Crippen LogP contribution in [0.3, 0.4) is 0 Å². The third-order valence-corrected chi connectivity index (χ3v) is 6.00. The number of benzene rings is 2. The fourth-order valence-corrected chi connectivity index (χ4v) is 4.41. The SMILES string of the molecule is CC(=O)c1ccc(N2C(=O)C(=Cc3ccc(-c4ccccc4Cl)o3)SC2=S)cc1. The van der Waals surface area contributed by atoms with E-state index in [9.17, 15) is 9.59 Å². The van der Waals surface area contributed by atoms with Crippen LogP contribution in [0.5, 0.6) is 0 Å². The number of Topliss-reactive ketones (excluding diaryl/α,β-unsaturated/α-hetero) is 1. The summed E-state index contributed by atoms with van der Waals surface area (Å²) in [4.78, 5) is 26.3. The molecule has 1 aromatic heterocycles. The number of ketones is 1. The Morgan fingerprint density at radius 1 is 1.10 bits per heavy atom. The van der Waals surface area contributed by atoms with Crippen LogP contribution in [0.1, 0.15) is 23.0 Å². The normalized spacial score (nSPS) is 15.4. The summed E-state index contributed by atoms with van der Waals surface area (Å²) >= 11 is 12.8. The van der Waals surface area contributed by atoms with Crippen molar-refractivity contribution in [3.63, 3.8) is 0 Å². The molecule has 0 radical (unpaired) electrons. The average molecular weight is 440 g/mol. The molecule has 0 saturated carbocycles. The number of thiocarbonyl (C=S) groups is 1. The molecule has 4 rings (SSSR count). The number of hydrogen-bond acceptors (Lipinski definition) is 5. The van der Waals surface area contributed by atoms with Crippen LogP contribution in [0.25, 0.3) is 17.4 Å². The maximum atomic E-state index is 12.9. The number of rotatable bonds is 4. The molecular weight excluding hydrogens is 426 g/mol. The van der Waals surface area contributed by atoms with Gasteiger partial charge in [0, 0.05) is 17.2 Å². The molecule has 0 bridgehead atoms. The van der Waals surface area contributed by atoms with E-state index in [1.165, 1.54) is 23.6 Å². The van der Waals surface area contributed by atoms with Crippen molar-refractivity contribution in [2.75, 3.05) is 4.90 Å². The molecule has 0 aliphatic carbocycles. The van der Waals surface area contributed by atoms with Crippen molar-refractivity contribution in [2.45, 2.75) is 6.92 Å². The Kier molecular flexibility index (Phi) is 5.41. The molecule has 3 aromatic rings. The highest BCUT2D eigenvalue weighted by molar-refractivity contribution is 8.27. The smallest absolute Gasteiger partial charge is 0.270 e. The number of hydrogen-bond donors (Lipinski definition) is 0. The molecular formula is C22H14ClNO3S2. The third kappa shape index (κ3) is 3.92. The van der Waals surface area contributed by atoms with Crippen molar-refractivity contribution in [1.82, 2.24) is 0 Å². The highest BCUT2D eigenvalue weighted by atomic mass is 35.5. The van der Waals surface area contributed by atoms with E-state index in [0.29, 0.717) is 37.0 Å². The number of halogens is 1. The molecule has 2 aromatic carbocycles. The molecule has 1 amide bonds. The summed E-state index contributed by atoms with van der Waals surface area (Å²) in [6, 6.07) is 17.8. The van der Waals surface area contributed by atoms with Gasteiger partial charge in [0.2, 0.25) is 0 Å². The number of furan rings is 1. The average Bonchev–Trinajstić information content (AvgIpc) is 3.27. The fourth-order valence-electron chi connectivity index (χ4n) is 2.90. The van der Waals surface area contributed by atoms with Gasteiger partial charge in [-0.05, 0) is 55.5 Å². The predicted octanol–water partition coefficient (Wildman–Crippen LogP) is 6.21. The van der Waals surface area contributed by atoms with Crippen molar-refractivity contribution in [3.05, 3.63) is 81.9 Å². The number of anilines is 1. The maximum absolute atomic E-state index is 12.9. The first-order valence-corrected chi connectivity index (χ1v) is 10.3. The van der Waals surface area contributed by atoms with Crippen LogP contribution in [0.15, 0.2) is 70.0 Å². The molecule has 29 heavy (non-hydrogen) atoms. The molecule has 0 unspecified atom stereocenters. The van der Waals surface area contributed by atoms with E-state index in [1.54, 1.807) is 42.5 Å². The Labute approximate surface area is 182 Å².